The molecule has 8 heteroatoms. The van der Waals surface area contributed by atoms with Crippen LogP contribution in [-0.2, 0) is 0 Å². The smallest absolute Gasteiger partial charge is 0.337 e. The Morgan fingerprint density at radius 3 is 2.20 bits per heavy atom. The van der Waals surface area contributed by atoms with E-state index in [2.05, 4.69) is 5.32 Å². The van der Waals surface area contributed by atoms with Gasteiger partial charge in [-0.05, 0) is 57.3 Å². The van der Waals surface area contributed by atoms with E-state index in [1.165, 1.54) is 6.07 Å². The summed E-state index contributed by atoms with van der Waals surface area (Å²) in [6.07, 6.45) is 0. The molecule has 0 spiro atoms. The second-order valence-corrected chi connectivity index (χ2v) is 5.73. The molecule has 20 heavy (non-hydrogen) atoms. The first-order valence-electron chi connectivity index (χ1n) is 4.88. The zero-order chi connectivity index (χ0) is 15.3. The van der Waals surface area contributed by atoms with Crippen LogP contribution in [0, 0.1) is 41.1 Å². The first-order chi connectivity index (χ1) is 9.44. The minimum Gasteiger partial charge on any atom is -0.478 e. The van der Waals surface area contributed by atoms with Crippen LogP contribution in [0.25, 0.3) is 0 Å². The number of hydrogen-bond donors (Lipinski definition) is 2. The third-order valence-electron chi connectivity index (χ3n) is 2.12. The van der Waals surface area contributed by atoms with Crippen LogP contribution in [0.4, 0.5) is 5.69 Å². The number of hydrogen-bond acceptors (Lipinski definition) is 5. The maximum absolute atomic E-state index is 11.2. The molecule has 0 radical (unpaired) electrons. The number of nitriles is 3. The number of carboxylic acid groups (broad SMARTS) is 1. The predicted molar refractivity (Wildman–Crippen MR) is 86.3 cm³/mol. The highest BCUT2D eigenvalue weighted by Gasteiger charge is 2.17. The molecule has 0 amide bonds. The van der Waals surface area contributed by atoms with Crippen LogP contribution in [0.5, 0.6) is 0 Å². The summed E-state index contributed by atoms with van der Waals surface area (Å²) in [4.78, 5) is 11.2. The molecular weight excluding hydrogens is 486 g/mol. The number of nitrogens with one attached hydrogen (secondary N) is 1. The lowest BCUT2D eigenvalue weighted by atomic mass is 10.1. The Hall–Kier alpha value is -1.84. The van der Waals surface area contributed by atoms with Gasteiger partial charge >= 0.3 is 5.97 Å². The molecule has 1 rings (SSSR count). The van der Waals surface area contributed by atoms with Crippen molar-refractivity contribution >= 4 is 56.8 Å². The topological polar surface area (TPSA) is 121 Å². The second-order valence-electron chi connectivity index (χ2n) is 3.33. The van der Waals surface area contributed by atoms with Crippen LogP contribution in [-0.4, -0.2) is 11.1 Å². The molecule has 0 saturated carbocycles. The van der Waals surface area contributed by atoms with E-state index in [1.54, 1.807) is 24.3 Å². The van der Waals surface area contributed by atoms with Crippen LogP contribution in [0.2, 0.25) is 0 Å². The third kappa shape index (κ3) is 3.59. The van der Waals surface area contributed by atoms with Crippen molar-refractivity contribution in [2.45, 2.75) is 0 Å². The monoisotopic (exact) mass is 490 g/mol. The summed E-state index contributed by atoms with van der Waals surface area (Å²) in [6, 6.07) is 8.00. The Morgan fingerprint density at radius 1 is 1.15 bits per heavy atom. The Labute approximate surface area is 141 Å². The summed E-state index contributed by atoms with van der Waals surface area (Å²) in [5.74, 6) is -1.17. The van der Waals surface area contributed by atoms with E-state index in [4.69, 9.17) is 15.8 Å². The van der Waals surface area contributed by atoms with Gasteiger partial charge in [-0.1, -0.05) is 0 Å². The van der Waals surface area contributed by atoms with E-state index >= 15 is 0 Å². The van der Waals surface area contributed by atoms with Crippen molar-refractivity contribution in [2.24, 2.45) is 0 Å². The highest BCUT2D eigenvalue weighted by molar-refractivity contribution is 14.1. The van der Waals surface area contributed by atoms with Crippen LogP contribution < -0.4 is 5.32 Å². The average molecular weight is 490 g/mol. The fourth-order valence-corrected chi connectivity index (χ4v) is 3.26. The number of carboxylic acids is 1. The molecule has 1 aromatic rings. The van der Waals surface area contributed by atoms with Crippen molar-refractivity contribution in [1.29, 1.82) is 15.8 Å². The number of allylic oxidation sites excluding steroid dienone is 2. The second kappa shape index (κ2) is 7.08. The van der Waals surface area contributed by atoms with Crippen LogP contribution in [0.15, 0.2) is 23.4 Å². The van der Waals surface area contributed by atoms with Gasteiger partial charge in [-0.15, -0.1) is 0 Å². The van der Waals surface area contributed by atoms with E-state index in [0.717, 1.165) is 3.57 Å². The van der Waals surface area contributed by atoms with Gasteiger partial charge in [-0.3, -0.25) is 0 Å². The Kier molecular flexibility index (Phi) is 5.74. The molecule has 6 nitrogen and oxygen atoms in total. The van der Waals surface area contributed by atoms with Crippen molar-refractivity contribution in [1.82, 2.24) is 0 Å². The summed E-state index contributed by atoms with van der Waals surface area (Å²) in [5, 5.41) is 38.2. The third-order valence-corrected chi connectivity index (χ3v) is 3.59. The molecule has 0 heterocycles. The van der Waals surface area contributed by atoms with E-state index < -0.39 is 11.5 Å². The summed E-state index contributed by atoms with van der Waals surface area (Å²) < 4.78 is 1.29. The van der Waals surface area contributed by atoms with Gasteiger partial charge in [0.2, 0.25) is 0 Å². The van der Waals surface area contributed by atoms with E-state index in [1.807, 2.05) is 45.2 Å². The van der Waals surface area contributed by atoms with Gasteiger partial charge in [0.05, 0.1) is 11.3 Å². The molecule has 0 unspecified atom stereocenters. The van der Waals surface area contributed by atoms with E-state index in [9.17, 15) is 9.90 Å². The molecule has 0 aromatic heterocycles. The SMILES string of the molecule is N#CC(C#N)=C(C#N)Nc1c(I)cc(I)cc1C(=O)O. The molecule has 0 bridgehead atoms. The Morgan fingerprint density at radius 2 is 1.75 bits per heavy atom. The molecule has 1 aromatic carbocycles. The molecule has 0 aliphatic carbocycles. The first kappa shape index (κ1) is 16.2. The standard InChI is InChI=1S/C12H4I2N4O2/c13-7-1-8(12(19)20)11(9(14)2-7)18-10(5-17)6(3-15)4-16/h1-2,18H,(H,19,20). The van der Waals surface area contributed by atoms with E-state index in [-0.39, 0.29) is 16.9 Å². The molecule has 98 valence electrons. The van der Waals surface area contributed by atoms with Gasteiger partial charge in [-0.2, -0.15) is 15.8 Å². The normalized spacial score (nSPS) is 8.75. The number of anilines is 1. The van der Waals surface area contributed by atoms with Crippen molar-refractivity contribution in [3.8, 4) is 18.2 Å². The van der Waals surface area contributed by atoms with Gasteiger partial charge in [0.15, 0.2) is 5.57 Å². The van der Waals surface area contributed by atoms with Gasteiger partial charge in [-0.25, -0.2) is 4.79 Å². The fraction of sp³-hybridized carbons (Fsp3) is 0. The minimum atomic E-state index is -1.17. The van der Waals surface area contributed by atoms with Crippen LogP contribution >= 0.6 is 45.2 Å². The Bertz CT molecular complexity index is 720. The number of rotatable bonds is 3. The zero-order valence-electron chi connectivity index (χ0n) is 9.61. The lowest BCUT2D eigenvalue weighted by molar-refractivity contribution is 0.0698. The summed E-state index contributed by atoms with van der Waals surface area (Å²) in [7, 11) is 0. The largest absolute Gasteiger partial charge is 0.478 e. The summed E-state index contributed by atoms with van der Waals surface area (Å²) in [5.41, 5.74) is -0.544. The number of aromatic carboxylic acids is 1. The molecule has 0 saturated heterocycles. The highest BCUT2D eigenvalue weighted by Crippen LogP contribution is 2.27. The van der Waals surface area contributed by atoms with Crippen LogP contribution in [0.3, 0.4) is 0 Å². The van der Waals surface area contributed by atoms with Gasteiger partial charge in [0, 0.05) is 7.14 Å². The Balaban J connectivity index is 3.48. The van der Waals surface area contributed by atoms with Crippen molar-refractivity contribution in [3.63, 3.8) is 0 Å². The van der Waals surface area contributed by atoms with Gasteiger partial charge in [0.1, 0.15) is 23.9 Å². The van der Waals surface area contributed by atoms with Crippen molar-refractivity contribution in [3.05, 3.63) is 36.1 Å². The molecule has 0 fully saturated rings. The fourth-order valence-electron chi connectivity index (χ4n) is 1.28. The summed E-state index contributed by atoms with van der Waals surface area (Å²) >= 11 is 3.89. The molecular formula is C12H4I2N4O2. The quantitative estimate of drug-likeness (QED) is 0.497. The lowest BCUT2D eigenvalue weighted by Gasteiger charge is -2.11. The average Bonchev–Trinajstić information content (AvgIpc) is 2.40. The lowest BCUT2D eigenvalue weighted by Crippen LogP contribution is -2.09. The first-order valence-corrected chi connectivity index (χ1v) is 7.04. The predicted octanol–water partition coefficient (Wildman–Crippen LogP) is 2.83. The maximum Gasteiger partial charge on any atom is 0.337 e. The molecule has 0 aliphatic rings. The van der Waals surface area contributed by atoms with Crippen molar-refractivity contribution in [2.75, 3.05) is 5.32 Å². The van der Waals surface area contributed by atoms with E-state index in [0.29, 0.717) is 3.57 Å². The number of halogens is 2. The molecule has 2 N–H and O–H groups in total. The summed E-state index contributed by atoms with van der Waals surface area (Å²) in [6.45, 7) is 0. The number of benzene rings is 1. The van der Waals surface area contributed by atoms with Crippen LogP contribution in [0.1, 0.15) is 10.4 Å². The van der Waals surface area contributed by atoms with Crippen molar-refractivity contribution < 1.29 is 9.90 Å². The zero-order valence-corrected chi connectivity index (χ0v) is 13.9. The number of carbonyl (C=O) groups is 1. The molecule has 0 atom stereocenters. The minimum absolute atomic E-state index is 0.0377. The number of nitrogens with zero attached hydrogens (tertiary/aromatic N) is 3. The molecule has 0 aliphatic heterocycles. The maximum atomic E-state index is 11.2. The van der Waals surface area contributed by atoms with Gasteiger partial charge < -0.3 is 10.4 Å². The van der Waals surface area contributed by atoms with Gasteiger partial charge in [0.25, 0.3) is 0 Å². The highest BCUT2D eigenvalue weighted by atomic mass is 127.